The van der Waals surface area contributed by atoms with Gasteiger partial charge >= 0.3 is 5.97 Å². The van der Waals surface area contributed by atoms with E-state index in [0.717, 1.165) is 44.9 Å². The third-order valence-corrected chi connectivity index (χ3v) is 9.22. The van der Waals surface area contributed by atoms with E-state index >= 15 is 0 Å². The summed E-state index contributed by atoms with van der Waals surface area (Å²) in [5, 5.41) is 0. The molecule has 4 aliphatic carbocycles. The lowest BCUT2D eigenvalue weighted by atomic mass is 9.55. The summed E-state index contributed by atoms with van der Waals surface area (Å²) in [6.07, 6.45) is 6.48. The first-order valence-corrected chi connectivity index (χ1v) is 10.4. The van der Waals surface area contributed by atoms with Crippen LogP contribution in [0.4, 0.5) is 0 Å². The van der Waals surface area contributed by atoms with Gasteiger partial charge in [0, 0.05) is 30.6 Å². The highest BCUT2D eigenvalue weighted by atomic mass is 16.5. The lowest BCUT2D eigenvalue weighted by molar-refractivity contribution is -0.148. The molecule has 0 unspecified atom stereocenters. The molecule has 26 heavy (non-hydrogen) atoms. The summed E-state index contributed by atoms with van der Waals surface area (Å²) in [4.78, 5) is 37.3. The van der Waals surface area contributed by atoms with Crippen LogP contribution in [-0.2, 0) is 19.1 Å². The van der Waals surface area contributed by atoms with Crippen LogP contribution in [0.15, 0.2) is 0 Å². The highest BCUT2D eigenvalue weighted by Gasteiger charge is 2.67. The Bertz CT molecular complexity index is 669. The first-order valence-electron chi connectivity index (χ1n) is 10.4. The summed E-state index contributed by atoms with van der Waals surface area (Å²) < 4.78 is 5.43. The standard InChI is InChI=1S/C22H32O4/c1-13(23)26-14-7-10-21(3)17-8-9-20(2)16(5-6-18(20)24)15(17)12-22(21,4)19(25)11-14/h14-17H,5-12H2,1-4H3/t14-,15-,16+,17+,20+,21-,22+/m0/s1. The molecule has 4 aliphatic rings. The van der Waals surface area contributed by atoms with Gasteiger partial charge in [-0.15, -0.1) is 0 Å². The molecule has 0 aliphatic heterocycles. The molecular formula is C22H32O4. The van der Waals surface area contributed by atoms with E-state index in [1.807, 2.05) is 0 Å². The van der Waals surface area contributed by atoms with Gasteiger partial charge in [0.25, 0.3) is 0 Å². The van der Waals surface area contributed by atoms with Crippen LogP contribution in [0.25, 0.3) is 0 Å². The molecule has 0 saturated heterocycles. The Morgan fingerprint density at radius 2 is 1.73 bits per heavy atom. The van der Waals surface area contributed by atoms with Crippen LogP contribution in [0.1, 0.15) is 79.1 Å². The van der Waals surface area contributed by atoms with E-state index in [-0.39, 0.29) is 34.1 Å². The number of hydrogen-bond donors (Lipinski definition) is 0. The Morgan fingerprint density at radius 3 is 2.42 bits per heavy atom. The predicted molar refractivity (Wildman–Crippen MR) is 97.3 cm³/mol. The normalized spacial score (nSPS) is 50.6. The fourth-order valence-electron chi connectivity index (χ4n) is 7.47. The molecule has 7 atom stereocenters. The molecule has 0 aromatic carbocycles. The van der Waals surface area contributed by atoms with Crippen LogP contribution < -0.4 is 0 Å². The fourth-order valence-corrected chi connectivity index (χ4v) is 7.47. The molecule has 144 valence electrons. The van der Waals surface area contributed by atoms with Crippen molar-refractivity contribution in [3.05, 3.63) is 0 Å². The van der Waals surface area contributed by atoms with Crippen molar-refractivity contribution in [3.63, 3.8) is 0 Å². The summed E-state index contributed by atoms with van der Waals surface area (Å²) in [6, 6.07) is 0. The highest BCUT2D eigenvalue weighted by molar-refractivity contribution is 5.88. The molecule has 4 fully saturated rings. The summed E-state index contributed by atoms with van der Waals surface area (Å²) in [6.45, 7) is 8.08. The van der Waals surface area contributed by atoms with Crippen LogP contribution in [-0.4, -0.2) is 23.6 Å². The smallest absolute Gasteiger partial charge is 0.302 e. The molecule has 0 heterocycles. The van der Waals surface area contributed by atoms with E-state index < -0.39 is 0 Å². The molecule has 4 nitrogen and oxygen atoms in total. The largest absolute Gasteiger partial charge is 0.462 e. The van der Waals surface area contributed by atoms with Crippen LogP contribution in [0.2, 0.25) is 0 Å². The van der Waals surface area contributed by atoms with Gasteiger partial charge in [-0.3, -0.25) is 14.4 Å². The van der Waals surface area contributed by atoms with Gasteiger partial charge in [-0.1, -0.05) is 20.8 Å². The first kappa shape index (κ1) is 18.2. The molecule has 4 heteroatoms. The van der Waals surface area contributed by atoms with Gasteiger partial charge in [0.15, 0.2) is 0 Å². The Balaban J connectivity index is 1.66. The van der Waals surface area contributed by atoms with Gasteiger partial charge in [-0.2, -0.15) is 0 Å². The van der Waals surface area contributed by atoms with E-state index in [4.69, 9.17) is 4.74 Å². The van der Waals surface area contributed by atoms with Gasteiger partial charge in [-0.25, -0.2) is 0 Å². The van der Waals surface area contributed by atoms with Crippen molar-refractivity contribution < 1.29 is 19.1 Å². The van der Waals surface area contributed by atoms with Crippen molar-refractivity contribution in [2.45, 2.75) is 85.2 Å². The number of carbonyl (C=O) groups is 3. The fraction of sp³-hybridized carbons (Fsp3) is 0.864. The van der Waals surface area contributed by atoms with E-state index in [9.17, 15) is 14.4 Å². The second-order valence-corrected chi connectivity index (χ2v) is 10.1. The van der Waals surface area contributed by atoms with Gasteiger partial charge in [0.1, 0.15) is 17.7 Å². The third kappa shape index (κ3) is 2.23. The molecule has 4 saturated carbocycles. The molecule has 0 N–H and O–H groups in total. The number of ketones is 2. The van der Waals surface area contributed by atoms with Crippen molar-refractivity contribution in [2.24, 2.45) is 34.0 Å². The van der Waals surface area contributed by atoms with E-state index in [1.165, 1.54) is 6.92 Å². The predicted octanol–water partition coefficient (Wildman–Crippen LogP) is 4.10. The van der Waals surface area contributed by atoms with E-state index in [0.29, 0.717) is 30.0 Å². The lowest BCUT2D eigenvalue weighted by Crippen LogP contribution is -2.45. The SMILES string of the molecule is CC(=O)O[C@H]1CC[C@@]2(C)[C@@H]3CC[C@@]4(C)C(=O)CC[C@@H]4[C@@H]3C[C@]2(C)C(=O)C1. The topological polar surface area (TPSA) is 60.4 Å². The van der Waals surface area contributed by atoms with Gasteiger partial charge in [-0.05, 0) is 61.7 Å². The van der Waals surface area contributed by atoms with Gasteiger partial charge < -0.3 is 4.74 Å². The highest BCUT2D eigenvalue weighted by Crippen LogP contribution is 2.71. The maximum Gasteiger partial charge on any atom is 0.302 e. The number of carbonyl (C=O) groups excluding carboxylic acids is 3. The van der Waals surface area contributed by atoms with Crippen molar-refractivity contribution in [2.75, 3.05) is 0 Å². The van der Waals surface area contributed by atoms with Crippen molar-refractivity contribution >= 4 is 17.5 Å². The number of rotatable bonds is 1. The minimum absolute atomic E-state index is 0.0450. The molecule has 0 amide bonds. The van der Waals surface area contributed by atoms with Crippen LogP contribution in [0.5, 0.6) is 0 Å². The van der Waals surface area contributed by atoms with Crippen molar-refractivity contribution in [1.29, 1.82) is 0 Å². The Morgan fingerprint density at radius 1 is 1.00 bits per heavy atom. The Kier molecular flexibility index (Phi) is 3.95. The third-order valence-electron chi connectivity index (χ3n) is 9.22. The van der Waals surface area contributed by atoms with Gasteiger partial charge in [0.2, 0.25) is 0 Å². The van der Waals surface area contributed by atoms with E-state index in [1.54, 1.807) is 0 Å². The summed E-state index contributed by atoms with van der Waals surface area (Å²) in [5.41, 5.74) is -0.550. The summed E-state index contributed by atoms with van der Waals surface area (Å²) in [7, 11) is 0. The maximum absolute atomic E-state index is 13.3. The quantitative estimate of drug-likeness (QED) is 0.661. The second kappa shape index (κ2) is 5.65. The molecule has 0 aromatic heterocycles. The number of hydrogen-bond acceptors (Lipinski definition) is 4. The zero-order valence-corrected chi connectivity index (χ0v) is 16.6. The van der Waals surface area contributed by atoms with Gasteiger partial charge in [0.05, 0.1) is 0 Å². The number of ether oxygens (including phenoxy) is 1. The Labute approximate surface area is 156 Å². The molecule has 0 radical (unpaired) electrons. The second-order valence-electron chi connectivity index (χ2n) is 10.1. The minimum Gasteiger partial charge on any atom is -0.462 e. The molecule has 0 spiro atoms. The minimum atomic E-state index is -0.353. The first-order chi connectivity index (χ1) is 12.1. The molecule has 4 rings (SSSR count). The number of esters is 1. The molecule has 0 bridgehead atoms. The Hall–Kier alpha value is -1.19. The maximum atomic E-state index is 13.3. The summed E-state index contributed by atoms with van der Waals surface area (Å²) >= 11 is 0. The number of Topliss-reactive ketones (excluding diaryl/α,β-unsaturated/α-hetero) is 2. The van der Waals surface area contributed by atoms with Crippen LogP contribution >= 0.6 is 0 Å². The van der Waals surface area contributed by atoms with Crippen LogP contribution in [0.3, 0.4) is 0 Å². The zero-order chi connectivity index (χ0) is 18.9. The number of fused-ring (bicyclic) bond motifs is 5. The van der Waals surface area contributed by atoms with Crippen LogP contribution in [0, 0.1) is 34.0 Å². The zero-order valence-electron chi connectivity index (χ0n) is 16.6. The van der Waals surface area contributed by atoms with Crippen molar-refractivity contribution in [1.82, 2.24) is 0 Å². The lowest BCUT2D eigenvalue weighted by Gasteiger charge is -2.48. The van der Waals surface area contributed by atoms with E-state index in [2.05, 4.69) is 20.8 Å². The monoisotopic (exact) mass is 360 g/mol. The average molecular weight is 360 g/mol. The van der Waals surface area contributed by atoms with Crippen molar-refractivity contribution in [3.8, 4) is 0 Å². The molecule has 0 aromatic rings. The molecular weight excluding hydrogens is 328 g/mol. The average Bonchev–Trinajstić information content (AvgIpc) is 2.95. The summed E-state index contributed by atoms with van der Waals surface area (Å²) in [5.74, 6) is 1.88.